The first-order valence-electron chi connectivity index (χ1n) is 12.0. The van der Waals surface area contributed by atoms with Gasteiger partial charge in [-0.2, -0.15) is 0 Å². The molecule has 0 saturated carbocycles. The molecule has 32 heavy (non-hydrogen) atoms. The minimum atomic E-state index is 0.863. The Morgan fingerprint density at radius 1 is 0.969 bits per heavy atom. The number of allylic oxidation sites excluding steroid dienone is 3. The highest BCUT2D eigenvalue weighted by molar-refractivity contribution is 5.79. The van der Waals surface area contributed by atoms with Crippen molar-refractivity contribution < 1.29 is 0 Å². The Balaban J connectivity index is 1.59. The van der Waals surface area contributed by atoms with Gasteiger partial charge in [-0.05, 0) is 51.0 Å². The van der Waals surface area contributed by atoms with E-state index in [-0.39, 0.29) is 0 Å². The van der Waals surface area contributed by atoms with Crippen LogP contribution in [-0.2, 0) is 6.54 Å². The summed E-state index contributed by atoms with van der Waals surface area (Å²) in [6.07, 6.45) is 3.96. The number of benzene rings is 1. The first-order valence-corrected chi connectivity index (χ1v) is 12.0. The average molecular weight is 436 g/mol. The van der Waals surface area contributed by atoms with E-state index < -0.39 is 0 Å². The highest BCUT2D eigenvalue weighted by Crippen LogP contribution is 2.25. The number of hydrogen-bond donors (Lipinski definition) is 0. The minimum Gasteiger partial charge on any atom is -0.371 e. The van der Waals surface area contributed by atoms with Gasteiger partial charge in [0, 0.05) is 82.4 Å². The van der Waals surface area contributed by atoms with E-state index in [0.29, 0.717) is 0 Å². The first-order chi connectivity index (χ1) is 15.4. The van der Waals surface area contributed by atoms with Crippen molar-refractivity contribution in [1.29, 1.82) is 0 Å². The smallest absolute Gasteiger partial charge is 0.0958 e. The highest BCUT2D eigenvalue weighted by atomic mass is 15.3. The summed E-state index contributed by atoms with van der Waals surface area (Å²) in [6.45, 7) is 27.1. The summed E-state index contributed by atoms with van der Waals surface area (Å²) in [4.78, 5) is 14.4. The van der Waals surface area contributed by atoms with E-state index in [1.54, 1.807) is 0 Å². The van der Waals surface area contributed by atoms with Crippen molar-refractivity contribution in [3.63, 3.8) is 0 Å². The summed E-state index contributed by atoms with van der Waals surface area (Å²) in [5.74, 6) is 1.18. The van der Waals surface area contributed by atoms with Crippen molar-refractivity contribution in [1.82, 2.24) is 19.6 Å². The van der Waals surface area contributed by atoms with Gasteiger partial charge >= 0.3 is 0 Å². The second kappa shape index (κ2) is 11.4. The molecule has 0 bridgehead atoms. The number of amidine groups is 1. The van der Waals surface area contributed by atoms with Crippen LogP contribution in [0.1, 0.15) is 37.5 Å². The molecular formula is C27H41N5. The number of aliphatic imine (C=N–C) groups is 1. The molecule has 0 atom stereocenters. The van der Waals surface area contributed by atoms with Crippen LogP contribution in [0.25, 0.3) is 5.70 Å². The fraction of sp³-hybridized carbons (Fsp3) is 0.519. The van der Waals surface area contributed by atoms with Gasteiger partial charge in [0.25, 0.3) is 0 Å². The summed E-state index contributed by atoms with van der Waals surface area (Å²) < 4.78 is 0. The largest absolute Gasteiger partial charge is 0.371 e. The predicted molar refractivity (Wildman–Crippen MR) is 138 cm³/mol. The van der Waals surface area contributed by atoms with Crippen LogP contribution in [0.15, 0.2) is 54.2 Å². The van der Waals surface area contributed by atoms with Crippen LogP contribution < -0.4 is 0 Å². The normalized spacial score (nSPS) is 18.8. The molecule has 0 unspecified atom stereocenters. The molecule has 0 radical (unpaired) electrons. The van der Waals surface area contributed by atoms with E-state index in [1.807, 2.05) is 6.08 Å². The van der Waals surface area contributed by atoms with E-state index in [0.717, 1.165) is 71.1 Å². The zero-order chi connectivity index (χ0) is 23.1. The third-order valence-electron chi connectivity index (χ3n) is 6.76. The van der Waals surface area contributed by atoms with Gasteiger partial charge in [0.1, 0.15) is 0 Å². The van der Waals surface area contributed by atoms with E-state index in [9.17, 15) is 0 Å². The molecule has 2 fully saturated rings. The lowest BCUT2D eigenvalue weighted by Gasteiger charge is -2.39. The van der Waals surface area contributed by atoms with Crippen LogP contribution in [0.3, 0.4) is 0 Å². The van der Waals surface area contributed by atoms with E-state index in [2.05, 4.69) is 89.7 Å². The monoisotopic (exact) mass is 435 g/mol. The Labute approximate surface area is 195 Å². The second-order valence-electron chi connectivity index (χ2n) is 8.90. The topological polar surface area (TPSA) is 25.3 Å². The fourth-order valence-electron chi connectivity index (χ4n) is 4.67. The molecule has 1 aromatic rings. The summed E-state index contributed by atoms with van der Waals surface area (Å²) >= 11 is 0. The number of aryl methyl sites for hydroxylation is 1. The number of rotatable bonds is 7. The van der Waals surface area contributed by atoms with Crippen molar-refractivity contribution >= 4 is 11.5 Å². The molecule has 2 aliphatic heterocycles. The lowest BCUT2D eigenvalue weighted by molar-refractivity contribution is 0.174. The maximum absolute atomic E-state index is 4.57. The Hall–Kier alpha value is -2.53. The third kappa shape index (κ3) is 6.04. The van der Waals surface area contributed by atoms with Crippen LogP contribution in [0.4, 0.5) is 0 Å². The summed E-state index contributed by atoms with van der Waals surface area (Å²) in [5, 5.41) is 0. The van der Waals surface area contributed by atoms with Crippen molar-refractivity contribution in [2.45, 2.75) is 34.2 Å². The highest BCUT2D eigenvalue weighted by Gasteiger charge is 2.21. The Bertz CT molecular complexity index is 853. The van der Waals surface area contributed by atoms with Gasteiger partial charge in [-0.15, -0.1) is 0 Å². The van der Waals surface area contributed by atoms with Crippen LogP contribution in [0, 0.1) is 6.92 Å². The maximum atomic E-state index is 4.57. The molecule has 174 valence electrons. The lowest BCUT2D eigenvalue weighted by atomic mass is 10.0. The molecule has 0 amide bonds. The van der Waals surface area contributed by atoms with Crippen molar-refractivity contribution in [3.05, 3.63) is 65.9 Å². The standard InChI is InChI=1S/C27H41N5/c1-7-9-23(4)30-16-18-31(19-17-30)24(5)27-20-26(11-10-22(27)3)21-29-12-14-32(15-13-29)25(6)28-8-2/h7,9-11,20H,1,5,8,12-19,21H2,2-4,6H3/b23-9+,28-25+. The van der Waals surface area contributed by atoms with Gasteiger partial charge < -0.3 is 14.7 Å². The number of hydrogen-bond acceptors (Lipinski definition) is 4. The first kappa shape index (κ1) is 24.1. The lowest BCUT2D eigenvalue weighted by Crippen LogP contribution is -2.47. The molecular weight excluding hydrogens is 394 g/mol. The Morgan fingerprint density at radius 3 is 2.22 bits per heavy atom. The fourth-order valence-corrected chi connectivity index (χ4v) is 4.67. The molecule has 0 aliphatic carbocycles. The summed E-state index contributed by atoms with van der Waals surface area (Å²) in [7, 11) is 0. The Morgan fingerprint density at radius 2 is 1.59 bits per heavy atom. The minimum absolute atomic E-state index is 0.863. The van der Waals surface area contributed by atoms with Crippen molar-refractivity contribution in [2.24, 2.45) is 4.99 Å². The van der Waals surface area contributed by atoms with Gasteiger partial charge in [0.15, 0.2) is 0 Å². The number of piperazine rings is 2. The zero-order valence-electron chi connectivity index (χ0n) is 20.6. The van der Waals surface area contributed by atoms with Crippen molar-refractivity contribution in [2.75, 3.05) is 58.9 Å². The van der Waals surface area contributed by atoms with E-state index >= 15 is 0 Å². The third-order valence-corrected chi connectivity index (χ3v) is 6.76. The summed E-state index contributed by atoms with van der Waals surface area (Å²) in [6, 6.07) is 6.91. The molecule has 0 N–H and O–H groups in total. The van der Waals surface area contributed by atoms with Gasteiger partial charge in [-0.1, -0.05) is 31.4 Å². The molecule has 2 saturated heterocycles. The summed E-state index contributed by atoms with van der Waals surface area (Å²) in [5.41, 5.74) is 6.42. The number of nitrogens with zero attached hydrogens (tertiary/aromatic N) is 5. The molecule has 1 aromatic carbocycles. The zero-order valence-corrected chi connectivity index (χ0v) is 20.6. The van der Waals surface area contributed by atoms with Gasteiger partial charge in [0.05, 0.1) is 5.84 Å². The van der Waals surface area contributed by atoms with Crippen LogP contribution >= 0.6 is 0 Å². The molecule has 0 aromatic heterocycles. The van der Waals surface area contributed by atoms with Crippen molar-refractivity contribution in [3.8, 4) is 0 Å². The molecule has 2 aliphatic rings. The van der Waals surface area contributed by atoms with Gasteiger partial charge in [-0.25, -0.2) is 0 Å². The SMILES string of the molecule is C=C/C=C(\C)N1CCN(C(=C)c2cc(CN3CCN(/C(C)=N/CC)CC3)ccc2C)CC1. The molecule has 5 nitrogen and oxygen atoms in total. The molecule has 3 rings (SSSR count). The van der Waals surface area contributed by atoms with E-state index in [4.69, 9.17) is 0 Å². The predicted octanol–water partition coefficient (Wildman–Crippen LogP) is 4.23. The van der Waals surface area contributed by atoms with E-state index in [1.165, 1.54) is 28.2 Å². The maximum Gasteiger partial charge on any atom is 0.0958 e. The van der Waals surface area contributed by atoms with Gasteiger partial charge in [-0.3, -0.25) is 9.89 Å². The van der Waals surface area contributed by atoms with Crippen LogP contribution in [0.2, 0.25) is 0 Å². The van der Waals surface area contributed by atoms with Crippen LogP contribution in [-0.4, -0.2) is 84.3 Å². The van der Waals surface area contributed by atoms with Crippen LogP contribution in [0.5, 0.6) is 0 Å². The molecule has 2 heterocycles. The quantitative estimate of drug-likeness (QED) is 0.364. The second-order valence-corrected chi connectivity index (χ2v) is 8.90. The van der Waals surface area contributed by atoms with Gasteiger partial charge in [0.2, 0.25) is 0 Å². The molecule has 5 heteroatoms. The Kier molecular flexibility index (Phi) is 8.57. The average Bonchev–Trinajstić information content (AvgIpc) is 2.81. The molecule has 0 spiro atoms.